The van der Waals surface area contributed by atoms with Gasteiger partial charge in [0.05, 0.1) is 6.04 Å². The van der Waals surface area contributed by atoms with Crippen molar-refractivity contribution in [2.24, 2.45) is 5.73 Å². The third kappa shape index (κ3) is 3.40. The topological polar surface area (TPSA) is 55.1 Å². The molecule has 0 aromatic heterocycles. The van der Waals surface area contributed by atoms with Crippen LogP contribution in [0.2, 0.25) is 0 Å². The smallest absolute Gasteiger partial charge is 0.241 e. The molecule has 1 aromatic rings. The number of hydrogen-bond acceptors (Lipinski definition) is 3. The number of carbonyl (C=O) groups is 1. The van der Waals surface area contributed by atoms with Crippen molar-refractivity contribution in [2.45, 2.75) is 12.5 Å². The van der Waals surface area contributed by atoms with Crippen LogP contribution in [0, 0.1) is 29.1 Å². The number of anilines is 1. The lowest BCUT2D eigenvalue weighted by Gasteiger charge is -2.13. The predicted molar refractivity (Wildman–Crippen MR) is 65.8 cm³/mol. The molecule has 0 spiro atoms. The Labute approximate surface area is 115 Å². The highest BCUT2D eigenvalue weighted by Gasteiger charge is 2.27. The van der Waals surface area contributed by atoms with Crippen molar-refractivity contribution < 1.29 is 26.7 Å². The van der Waals surface area contributed by atoms with Crippen molar-refractivity contribution in [3.05, 3.63) is 29.1 Å². The summed E-state index contributed by atoms with van der Waals surface area (Å²) in [5.74, 6) is -11.3. The third-order valence-electron chi connectivity index (χ3n) is 2.43. The molecular weight excluding hydrogens is 303 g/mol. The molecule has 3 nitrogen and oxygen atoms in total. The zero-order chi connectivity index (χ0) is 15.4. The van der Waals surface area contributed by atoms with Crippen LogP contribution in [0.4, 0.5) is 27.6 Å². The highest BCUT2D eigenvalue weighted by atomic mass is 32.2. The predicted octanol–water partition coefficient (Wildman–Crippen LogP) is 2.40. The van der Waals surface area contributed by atoms with Crippen LogP contribution in [-0.2, 0) is 4.79 Å². The minimum atomic E-state index is -2.29. The molecule has 112 valence electrons. The minimum Gasteiger partial charge on any atom is -0.320 e. The highest BCUT2D eigenvalue weighted by molar-refractivity contribution is 7.98. The van der Waals surface area contributed by atoms with Crippen LogP contribution >= 0.6 is 11.8 Å². The van der Waals surface area contributed by atoms with E-state index in [2.05, 4.69) is 0 Å². The molecular formula is C11H11F5N2OS. The van der Waals surface area contributed by atoms with Crippen LogP contribution in [0.3, 0.4) is 0 Å². The van der Waals surface area contributed by atoms with Gasteiger partial charge < -0.3 is 11.1 Å². The molecule has 20 heavy (non-hydrogen) atoms. The fraction of sp³-hybridized carbons (Fsp3) is 0.364. The summed E-state index contributed by atoms with van der Waals surface area (Å²) in [5, 5.41) is 1.63. The molecule has 0 fully saturated rings. The van der Waals surface area contributed by atoms with E-state index in [0.717, 1.165) is 0 Å². The van der Waals surface area contributed by atoms with Crippen molar-refractivity contribution >= 4 is 23.4 Å². The van der Waals surface area contributed by atoms with E-state index in [1.54, 1.807) is 11.6 Å². The number of halogens is 5. The van der Waals surface area contributed by atoms with Gasteiger partial charge in [-0.2, -0.15) is 11.8 Å². The molecule has 1 amide bonds. The van der Waals surface area contributed by atoms with E-state index < -0.39 is 46.7 Å². The molecule has 0 aliphatic heterocycles. The molecule has 3 N–H and O–H groups in total. The maximum Gasteiger partial charge on any atom is 0.241 e. The lowest BCUT2D eigenvalue weighted by Crippen LogP contribution is -2.36. The molecule has 0 bridgehead atoms. The molecule has 0 saturated carbocycles. The molecule has 1 rings (SSSR count). The molecule has 9 heteroatoms. The number of nitrogens with one attached hydrogen (secondary N) is 1. The summed E-state index contributed by atoms with van der Waals surface area (Å²) in [6, 6.07) is -1.11. The molecule has 0 saturated heterocycles. The van der Waals surface area contributed by atoms with Crippen LogP contribution in [0.15, 0.2) is 0 Å². The summed E-state index contributed by atoms with van der Waals surface area (Å²) in [5.41, 5.74) is 4.03. The Hall–Kier alpha value is -1.35. The zero-order valence-corrected chi connectivity index (χ0v) is 11.1. The Morgan fingerprint density at radius 1 is 1.10 bits per heavy atom. The highest BCUT2D eigenvalue weighted by Crippen LogP contribution is 2.27. The van der Waals surface area contributed by atoms with Crippen LogP contribution in [0.5, 0.6) is 0 Å². The van der Waals surface area contributed by atoms with Crippen molar-refractivity contribution in [3.8, 4) is 0 Å². The standard InChI is InChI=1S/C11H11F5N2OS/c1-20-3-2-4(17)11(19)18-10-8(15)6(13)5(12)7(14)9(10)16/h4H,2-3,17H2,1H3,(H,18,19)/t4-/m0/s1. The Morgan fingerprint density at radius 2 is 1.55 bits per heavy atom. The van der Waals surface area contributed by atoms with Gasteiger partial charge in [-0.25, -0.2) is 22.0 Å². The molecule has 0 radical (unpaired) electrons. The molecule has 0 heterocycles. The minimum absolute atomic E-state index is 0.197. The first-order valence-electron chi connectivity index (χ1n) is 5.38. The summed E-state index contributed by atoms with van der Waals surface area (Å²) in [7, 11) is 0. The SMILES string of the molecule is CSCC[C@H](N)C(=O)Nc1c(F)c(F)c(F)c(F)c1F. The van der Waals surface area contributed by atoms with Crippen molar-refractivity contribution in [2.75, 3.05) is 17.3 Å². The summed E-state index contributed by atoms with van der Waals surface area (Å²) < 4.78 is 65.2. The average Bonchev–Trinajstić information content (AvgIpc) is 2.44. The summed E-state index contributed by atoms with van der Waals surface area (Å²) >= 11 is 1.39. The summed E-state index contributed by atoms with van der Waals surface area (Å²) in [6.45, 7) is 0. The maximum atomic E-state index is 13.3. The van der Waals surface area contributed by atoms with Gasteiger partial charge in [0.25, 0.3) is 0 Å². The van der Waals surface area contributed by atoms with Crippen LogP contribution in [0.25, 0.3) is 0 Å². The second kappa shape index (κ2) is 6.89. The van der Waals surface area contributed by atoms with E-state index in [1.165, 1.54) is 11.8 Å². The first-order chi connectivity index (χ1) is 9.31. The zero-order valence-electron chi connectivity index (χ0n) is 10.3. The van der Waals surface area contributed by atoms with Crippen LogP contribution < -0.4 is 11.1 Å². The normalized spacial score (nSPS) is 12.3. The molecule has 0 aliphatic carbocycles. The van der Waals surface area contributed by atoms with Gasteiger partial charge in [-0.3, -0.25) is 4.79 Å². The monoisotopic (exact) mass is 314 g/mol. The van der Waals surface area contributed by atoms with Crippen molar-refractivity contribution in [1.82, 2.24) is 0 Å². The summed E-state index contributed by atoms with van der Waals surface area (Å²) in [6.07, 6.45) is 1.96. The van der Waals surface area contributed by atoms with E-state index in [9.17, 15) is 26.7 Å². The Balaban J connectivity index is 3.01. The number of nitrogens with two attached hydrogens (primary N) is 1. The lowest BCUT2D eigenvalue weighted by molar-refractivity contribution is -0.117. The van der Waals surface area contributed by atoms with Gasteiger partial charge in [-0.05, 0) is 18.4 Å². The molecule has 1 aromatic carbocycles. The Morgan fingerprint density at radius 3 is 2.00 bits per heavy atom. The number of amides is 1. The first-order valence-corrected chi connectivity index (χ1v) is 6.77. The number of thioether (sulfide) groups is 1. The maximum absolute atomic E-state index is 13.3. The van der Waals surface area contributed by atoms with Gasteiger partial charge in [0.2, 0.25) is 11.7 Å². The van der Waals surface area contributed by atoms with Gasteiger partial charge in [-0.1, -0.05) is 0 Å². The van der Waals surface area contributed by atoms with Gasteiger partial charge in [-0.15, -0.1) is 0 Å². The van der Waals surface area contributed by atoms with Crippen molar-refractivity contribution in [3.63, 3.8) is 0 Å². The molecule has 1 atom stereocenters. The van der Waals surface area contributed by atoms with E-state index in [4.69, 9.17) is 5.73 Å². The molecule has 0 unspecified atom stereocenters. The average molecular weight is 314 g/mol. The van der Waals surface area contributed by atoms with Crippen LogP contribution in [-0.4, -0.2) is 24.0 Å². The fourth-order valence-corrected chi connectivity index (χ4v) is 1.80. The van der Waals surface area contributed by atoms with Gasteiger partial charge >= 0.3 is 0 Å². The van der Waals surface area contributed by atoms with Crippen LogP contribution in [0.1, 0.15) is 6.42 Å². The first kappa shape index (κ1) is 16.7. The third-order valence-corrected chi connectivity index (χ3v) is 3.07. The van der Waals surface area contributed by atoms with Gasteiger partial charge in [0.1, 0.15) is 5.69 Å². The van der Waals surface area contributed by atoms with E-state index in [1.807, 2.05) is 0 Å². The summed E-state index contributed by atoms with van der Waals surface area (Å²) in [4.78, 5) is 11.5. The Bertz CT molecular complexity index is 497. The number of rotatable bonds is 5. The van der Waals surface area contributed by atoms with Gasteiger partial charge in [0, 0.05) is 0 Å². The lowest BCUT2D eigenvalue weighted by atomic mass is 10.2. The quantitative estimate of drug-likeness (QED) is 0.498. The number of carbonyl (C=O) groups excluding carboxylic acids is 1. The Kier molecular flexibility index (Phi) is 5.75. The number of hydrogen-bond donors (Lipinski definition) is 2. The number of benzene rings is 1. The van der Waals surface area contributed by atoms with E-state index >= 15 is 0 Å². The largest absolute Gasteiger partial charge is 0.320 e. The molecule has 0 aliphatic rings. The second-order valence-electron chi connectivity index (χ2n) is 3.82. The van der Waals surface area contributed by atoms with E-state index in [-0.39, 0.29) is 6.42 Å². The van der Waals surface area contributed by atoms with Crippen molar-refractivity contribution in [1.29, 1.82) is 0 Å². The van der Waals surface area contributed by atoms with E-state index in [0.29, 0.717) is 5.75 Å². The fourth-order valence-electron chi connectivity index (χ4n) is 1.31. The second-order valence-corrected chi connectivity index (χ2v) is 4.81. The van der Waals surface area contributed by atoms with Gasteiger partial charge in [0.15, 0.2) is 23.3 Å².